The molecule has 2 amide bonds. The Morgan fingerprint density at radius 2 is 1.53 bits per heavy atom. The van der Waals surface area contributed by atoms with Crippen molar-refractivity contribution in [2.45, 2.75) is 51.8 Å². The van der Waals surface area contributed by atoms with Gasteiger partial charge >= 0.3 is 0 Å². The van der Waals surface area contributed by atoms with Crippen molar-refractivity contribution in [3.8, 4) is 0 Å². The van der Waals surface area contributed by atoms with Gasteiger partial charge in [0.25, 0.3) is 0 Å². The number of benzene rings is 3. The molecule has 0 fully saturated rings. The zero-order valence-electron chi connectivity index (χ0n) is 21.0. The van der Waals surface area contributed by atoms with E-state index in [9.17, 15) is 14.0 Å². The number of carbonyl (C=O) groups excluding carboxylic acids is 2. The van der Waals surface area contributed by atoms with Gasteiger partial charge in [-0.15, -0.1) is 0 Å². The third-order valence-electron chi connectivity index (χ3n) is 5.80. The van der Waals surface area contributed by atoms with Crippen molar-refractivity contribution in [1.82, 2.24) is 10.2 Å². The topological polar surface area (TPSA) is 58.6 Å². The standard InChI is InChI=1S/C30H35FN2O3/c1-23(2)36-21-9-20-32-30(35)29(26-12-7-4-8-13-26)33(22-25-14-17-27(31)18-15-25)28(34)19-16-24-10-5-3-6-11-24/h3-8,10-15,17-18,23,29H,9,16,19-22H2,1-2H3,(H,32,35)/t29-/m1/s1. The van der Waals surface area contributed by atoms with Crippen LogP contribution in [0.2, 0.25) is 0 Å². The SMILES string of the molecule is CC(C)OCCCNC(=O)[C@@H](c1ccccc1)N(Cc1ccc(F)cc1)C(=O)CCc1ccccc1. The number of hydrogen-bond acceptors (Lipinski definition) is 3. The molecule has 1 N–H and O–H groups in total. The molecule has 0 aromatic heterocycles. The monoisotopic (exact) mass is 490 g/mol. The van der Waals surface area contributed by atoms with Gasteiger partial charge in [-0.25, -0.2) is 4.39 Å². The molecule has 0 unspecified atom stereocenters. The first-order valence-corrected chi connectivity index (χ1v) is 12.5. The molecule has 36 heavy (non-hydrogen) atoms. The number of nitrogens with one attached hydrogen (secondary N) is 1. The lowest BCUT2D eigenvalue weighted by molar-refractivity contribution is -0.141. The average molecular weight is 491 g/mol. The second-order valence-electron chi connectivity index (χ2n) is 9.01. The number of amides is 2. The van der Waals surface area contributed by atoms with E-state index >= 15 is 0 Å². The van der Waals surface area contributed by atoms with Crippen LogP contribution in [-0.2, 0) is 27.3 Å². The Kier molecular flexibility index (Phi) is 10.6. The summed E-state index contributed by atoms with van der Waals surface area (Å²) in [5, 5.41) is 2.99. The quantitative estimate of drug-likeness (QED) is 0.324. The molecule has 0 aliphatic carbocycles. The predicted octanol–water partition coefficient (Wildman–Crippen LogP) is 5.46. The number of carbonyl (C=O) groups is 2. The van der Waals surface area contributed by atoms with Gasteiger partial charge in [0.05, 0.1) is 6.10 Å². The summed E-state index contributed by atoms with van der Waals surface area (Å²) in [6.45, 7) is 5.12. The van der Waals surface area contributed by atoms with Crippen LogP contribution in [0.25, 0.3) is 0 Å². The van der Waals surface area contributed by atoms with E-state index in [-0.39, 0.29) is 36.7 Å². The van der Waals surface area contributed by atoms with Crippen molar-refractivity contribution >= 4 is 11.8 Å². The number of hydrogen-bond donors (Lipinski definition) is 1. The Hall–Kier alpha value is -3.51. The number of rotatable bonds is 13. The molecule has 1 atom stereocenters. The molecule has 0 bridgehead atoms. The van der Waals surface area contributed by atoms with Crippen molar-refractivity contribution in [3.63, 3.8) is 0 Å². The minimum atomic E-state index is -0.814. The Morgan fingerprint density at radius 1 is 0.889 bits per heavy atom. The summed E-state index contributed by atoms with van der Waals surface area (Å²) in [4.78, 5) is 28.7. The normalized spacial score (nSPS) is 11.8. The van der Waals surface area contributed by atoms with E-state index in [1.54, 1.807) is 17.0 Å². The molecule has 0 saturated carbocycles. The second-order valence-corrected chi connectivity index (χ2v) is 9.01. The van der Waals surface area contributed by atoms with Gasteiger partial charge in [0, 0.05) is 26.1 Å². The number of ether oxygens (including phenoxy) is 1. The van der Waals surface area contributed by atoms with Gasteiger partial charge in [0.15, 0.2) is 0 Å². The fourth-order valence-electron chi connectivity index (χ4n) is 3.96. The van der Waals surface area contributed by atoms with Crippen LogP contribution in [0.1, 0.15) is 49.4 Å². The molecule has 0 aliphatic rings. The highest BCUT2D eigenvalue weighted by Gasteiger charge is 2.31. The molecule has 5 nitrogen and oxygen atoms in total. The first-order valence-electron chi connectivity index (χ1n) is 12.5. The van der Waals surface area contributed by atoms with Crippen LogP contribution in [0.3, 0.4) is 0 Å². The lowest BCUT2D eigenvalue weighted by Crippen LogP contribution is -2.44. The summed E-state index contributed by atoms with van der Waals surface area (Å²) in [5.41, 5.74) is 2.53. The van der Waals surface area contributed by atoms with Crippen LogP contribution in [0, 0.1) is 5.82 Å². The summed E-state index contributed by atoms with van der Waals surface area (Å²) < 4.78 is 19.1. The number of halogens is 1. The fourth-order valence-corrected chi connectivity index (χ4v) is 3.96. The zero-order chi connectivity index (χ0) is 25.8. The van der Waals surface area contributed by atoms with Crippen LogP contribution in [-0.4, -0.2) is 36.0 Å². The molecule has 0 aliphatic heterocycles. The summed E-state index contributed by atoms with van der Waals surface area (Å²) in [6.07, 6.45) is 1.62. The Balaban J connectivity index is 1.83. The molecule has 0 radical (unpaired) electrons. The van der Waals surface area contributed by atoms with E-state index in [1.807, 2.05) is 74.5 Å². The minimum Gasteiger partial charge on any atom is -0.379 e. The summed E-state index contributed by atoms with van der Waals surface area (Å²) in [7, 11) is 0. The van der Waals surface area contributed by atoms with Crippen molar-refractivity contribution in [2.24, 2.45) is 0 Å². The highest BCUT2D eigenvalue weighted by Crippen LogP contribution is 2.25. The van der Waals surface area contributed by atoms with Crippen molar-refractivity contribution in [3.05, 3.63) is 107 Å². The van der Waals surface area contributed by atoms with Gasteiger partial charge in [-0.3, -0.25) is 9.59 Å². The van der Waals surface area contributed by atoms with Crippen molar-refractivity contribution < 1.29 is 18.7 Å². The third kappa shape index (κ3) is 8.61. The van der Waals surface area contributed by atoms with Gasteiger partial charge < -0.3 is 15.0 Å². The Bertz CT molecular complexity index is 1070. The minimum absolute atomic E-state index is 0.131. The van der Waals surface area contributed by atoms with Crippen LogP contribution >= 0.6 is 0 Å². The molecular formula is C30H35FN2O3. The molecule has 3 aromatic rings. The van der Waals surface area contributed by atoms with Crippen LogP contribution in [0.15, 0.2) is 84.9 Å². The van der Waals surface area contributed by atoms with Gasteiger partial charge in [-0.1, -0.05) is 72.8 Å². The van der Waals surface area contributed by atoms with E-state index in [4.69, 9.17) is 4.74 Å². The maximum Gasteiger partial charge on any atom is 0.247 e. The highest BCUT2D eigenvalue weighted by atomic mass is 19.1. The van der Waals surface area contributed by atoms with Crippen molar-refractivity contribution in [2.75, 3.05) is 13.2 Å². The largest absolute Gasteiger partial charge is 0.379 e. The maximum absolute atomic E-state index is 13.6. The predicted molar refractivity (Wildman–Crippen MR) is 140 cm³/mol. The highest BCUT2D eigenvalue weighted by molar-refractivity contribution is 5.88. The molecule has 190 valence electrons. The smallest absolute Gasteiger partial charge is 0.247 e. The van der Waals surface area contributed by atoms with Crippen LogP contribution < -0.4 is 5.32 Å². The first kappa shape index (κ1) is 27.1. The molecular weight excluding hydrogens is 455 g/mol. The van der Waals surface area contributed by atoms with Gasteiger partial charge in [-0.2, -0.15) is 0 Å². The van der Waals surface area contributed by atoms with E-state index < -0.39 is 6.04 Å². The summed E-state index contributed by atoms with van der Waals surface area (Å²) >= 11 is 0. The van der Waals surface area contributed by atoms with Gasteiger partial charge in [0.1, 0.15) is 11.9 Å². The summed E-state index contributed by atoms with van der Waals surface area (Å²) in [5.74, 6) is -0.738. The number of nitrogens with zero attached hydrogens (tertiary/aromatic N) is 1. The van der Waals surface area contributed by atoms with E-state index in [1.165, 1.54) is 12.1 Å². The molecule has 0 saturated heterocycles. The Labute approximate surface area is 213 Å². The molecule has 3 aromatic carbocycles. The third-order valence-corrected chi connectivity index (χ3v) is 5.80. The lowest BCUT2D eigenvalue weighted by Gasteiger charge is -2.32. The van der Waals surface area contributed by atoms with Crippen LogP contribution in [0.4, 0.5) is 4.39 Å². The van der Waals surface area contributed by atoms with E-state index in [2.05, 4.69) is 5.32 Å². The van der Waals surface area contributed by atoms with E-state index in [0.717, 1.165) is 16.7 Å². The summed E-state index contributed by atoms with van der Waals surface area (Å²) in [6, 6.07) is 24.3. The van der Waals surface area contributed by atoms with Gasteiger partial charge in [0.2, 0.25) is 11.8 Å². The van der Waals surface area contributed by atoms with E-state index in [0.29, 0.717) is 26.0 Å². The van der Waals surface area contributed by atoms with Gasteiger partial charge in [-0.05, 0) is 55.5 Å². The molecule has 0 spiro atoms. The lowest BCUT2D eigenvalue weighted by atomic mass is 10.0. The Morgan fingerprint density at radius 3 is 2.17 bits per heavy atom. The second kappa shape index (κ2) is 14.1. The molecule has 6 heteroatoms. The molecule has 0 heterocycles. The van der Waals surface area contributed by atoms with Crippen molar-refractivity contribution in [1.29, 1.82) is 0 Å². The fraction of sp³-hybridized carbons (Fsp3) is 0.333. The molecule has 3 rings (SSSR count). The maximum atomic E-state index is 13.6. The number of aryl methyl sites for hydroxylation is 1. The average Bonchev–Trinajstić information content (AvgIpc) is 2.89. The zero-order valence-corrected chi connectivity index (χ0v) is 21.0. The first-order chi connectivity index (χ1) is 17.4. The van der Waals surface area contributed by atoms with Crippen LogP contribution in [0.5, 0.6) is 0 Å².